The molecule has 0 radical (unpaired) electrons. The van der Waals surface area contributed by atoms with Crippen molar-refractivity contribution in [1.82, 2.24) is 15.3 Å². The maximum atomic E-state index is 13.3. The summed E-state index contributed by atoms with van der Waals surface area (Å²) in [5, 5.41) is 5.54. The minimum atomic E-state index is -4.52. The summed E-state index contributed by atoms with van der Waals surface area (Å²) in [6, 6.07) is 10.2. The lowest BCUT2D eigenvalue weighted by molar-refractivity contribution is -0.137. The molecule has 4 N–H and O–H groups in total. The van der Waals surface area contributed by atoms with E-state index in [9.17, 15) is 22.8 Å². The van der Waals surface area contributed by atoms with Crippen LogP contribution in [0.25, 0.3) is 0 Å². The first-order valence-corrected chi connectivity index (χ1v) is 11.5. The van der Waals surface area contributed by atoms with Crippen LogP contribution in [-0.2, 0) is 17.5 Å². The number of hydrogen-bond acceptors (Lipinski definition) is 6. The number of alkyl halides is 3. The average molecular weight is 548 g/mol. The Morgan fingerprint density at radius 2 is 1.83 bits per heavy atom. The molecule has 11 heteroatoms. The maximum absolute atomic E-state index is 13.3. The van der Waals surface area contributed by atoms with Gasteiger partial charge in [0.15, 0.2) is 5.78 Å². The number of hydrogen-bond donors (Lipinski definition) is 3. The summed E-state index contributed by atoms with van der Waals surface area (Å²) in [4.78, 5) is 33.4. The van der Waals surface area contributed by atoms with E-state index in [1.54, 1.807) is 18.2 Å². The lowest BCUT2D eigenvalue weighted by Crippen LogP contribution is -2.33. The molecule has 182 valence electrons. The van der Waals surface area contributed by atoms with Crippen molar-refractivity contribution in [2.24, 2.45) is 5.41 Å². The number of anilines is 3. The van der Waals surface area contributed by atoms with Crippen LogP contribution in [0.1, 0.15) is 40.9 Å². The number of amides is 1. The second kappa shape index (κ2) is 9.65. The van der Waals surface area contributed by atoms with Crippen LogP contribution in [-0.4, -0.2) is 21.7 Å². The average Bonchev–Trinajstić information content (AvgIpc) is 3.60. The van der Waals surface area contributed by atoms with E-state index in [0.717, 1.165) is 6.07 Å². The second-order valence-corrected chi connectivity index (χ2v) is 9.30. The van der Waals surface area contributed by atoms with Crippen LogP contribution in [0.5, 0.6) is 0 Å². The van der Waals surface area contributed by atoms with E-state index in [1.165, 1.54) is 30.6 Å². The number of nitrogens with one attached hydrogen (secondary N) is 2. The molecule has 1 aliphatic carbocycles. The van der Waals surface area contributed by atoms with Gasteiger partial charge < -0.3 is 16.4 Å². The molecular weight excluding hydrogens is 527 g/mol. The van der Waals surface area contributed by atoms with Crippen LogP contribution in [0.3, 0.4) is 0 Å². The molecular formula is C24H21BrF3N5O2. The molecule has 2 heterocycles. The number of benzene rings is 1. The molecule has 0 unspecified atom stereocenters. The van der Waals surface area contributed by atoms with E-state index in [1.807, 2.05) is 0 Å². The van der Waals surface area contributed by atoms with Crippen LogP contribution < -0.4 is 16.4 Å². The van der Waals surface area contributed by atoms with Gasteiger partial charge in [-0.25, -0.2) is 4.98 Å². The van der Waals surface area contributed by atoms with Gasteiger partial charge in [0.05, 0.1) is 40.8 Å². The first kappa shape index (κ1) is 24.6. The summed E-state index contributed by atoms with van der Waals surface area (Å²) < 4.78 is 40.3. The van der Waals surface area contributed by atoms with Gasteiger partial charge in [-0.05, 0) is 55.3 Å². The molecule has 0 spiro atoms. The van der Waals surface area contributed by atoms with E-state index in [-0.39, 0.29) is 30.3 Å². The number of nitrogens with two attached hydrogens (primary N) is 1. The van der Waals surface area contributed by atoms with E-state index >= 15 is 0 Å². The maximum Gasteiger partial charge on any atom is 0.418 e. The molecule has 7 nitrogen and oxygen atoms in total. The second-order valence-electron chi connectivity index (χ2n) is 8.39. The number of rotatable bonds is 8. The Hall–Kier alpha value is -3.47. The number of Topliss-reactive ketones (excluding diaryl/α,β-unsaturated/α-hetero) is 1. The fourth-order valence-electron chi connectivity index (χ4n) is 3.59. The van der Waals surface area contributed by atoms with Crippen molar-refractivity contribution >= 4 is 44.8 Å². The van der Waals surface area contributed by atoms with Crippen LogP contribution >= 0.6 is 15.9 Å². The molecule has 1 saturated carbocycles. The smallest absolute Gasteiger partial charge is 0.384 e. The van der Waals surface area contributed by atoms with Gasteiger partial charge in [0.1, 0.15) is 5.82 Å². The summed E-state index contributed by atoms with van der Waals surface area (Å²) in [6.07, 6.45) is -0.426. The Morgan fingerprint density at radius 3 is 2.43 bits per heavy atom. The van der Waals surface area contributed by atoms with Crippen molar-refractivity contribution in [3.05, 3.63) is 76.2 Å². The number of nitrogen functional groups attached to an aromatic ring is 1. The normalized spacial score (nSPS) is 14.3. The van der Waals surface area contributed by atoms with Crippen molar-refractivity contribution in [3.63, 3.8) is 0 Å². The van der Waals surface area contributed by atoms with E-state index in [0.29, 0.717) is 40.1 Å². The van der Waals surface area contributed by atoms with Crippen molar-refractivity contribution in [2.45, 2.75) is 32.0 Å². The van der Waals surface area contributed by atoms with E-state index < -0.39 is 17.2 Å². The van der Waals surface area contributed by atoms with Gasteiger partial charge >= 0.3 is 6.18 Å². The molecule has 0 aliphatic heterocycles. The van der Waals surface area contributed by atoms with Gasteiger partial charge in [-0.15, -0.1) is 0 Å². The Kier molecular flexibility index (Phi) is 6.79. The minimum Gasteiger partial charge on any atom is -0.384 e. The molecule has 1 aromatic carbocycles. The molecule has 35 heavy (non-hydrogen) atoms. The summed E-state index contributed by atoms with van der Waals surface area (Å²) in [6.45, 7) is 0.130. The number of carbonyl (C=O) groups excluding carboxylic acids is 2. The molecule has 0 saturated heterocycles. The molecule has 1 amide bonds. The van der Waals surface area contributed by atoms with E-state index in [4.69, 9.17) is 5.73 Å². The van der Waals surface area contributed by atoms with Gasteiger partial charge in [-0.2, -0.15) is 13.2 Å². The number of aromatic nitrogens is 2. The largest absolute Gasteiger partial charge is 0.418 e. The first-order valence-electron chi connectivity index (χ1n) is 10.7. The van der Waals surface area contributed by atoms with Crippen molar-refractivity contribution < 1.29 is 22.8 Å². The van der Waals surface area contributed by atoms with E-state index in [2.05, 4.69) is 36.5 Å². The highest BCUT2D eigenvalue weighted by atomic mass is 79.9. The Labute approximate surface area is 207 Å². The minimum absolute atomic E-state index is 0.0788. The van der Waals surface area contributed by atoms with Crippen molar-refractivity contribution in [1.29, 1.82) is 0 Å². The predicted octanol–water partition coefficient (Wildman–Crippen LogP) is 5.25. The summed E-state index contributed by atoms with van der Waals surface area (Å²) in [5.74, 6) is -0.0976. The van der Waals surface area contributed by atoms with Crippen molar-refractivity contribution in [3.8, 4) is 0 Å². The third-order valence-electron chi connectivity index (χ3n) is 5.76. The third-order valence-corrected chi connectivity index (χ3v) is 6.26. The van der Waals surface area contributed by atoms with Gasteiger partial charge in [-0.3, -0.25) is 14.6 Å². The fourth-order valence-corrected chi connectivity index (χ4v) is 3.95. The number of nitrogens with zero attached hydrogens (tertiary/aromatic N) is 2. The first-order chi connectivity index (χ1) is 16.6. The fraction of sp³-hybridized carbons (Fsp3) is 0.250. The number of carbonyl (C=O) groups is 2. The summed E-state index contributed by atoms with van der Waals surface area (Å²) in [5.41, 5.74) is 5.21. The molecule has 2 aromatic heterocycles. The zero-order chi connectivity index (χ0) is 25.2. The monoisotopic (exact) mass is 547 g/mol. The Bertz CT molecular complexity index is 1240. The van der Waals surface area contributed by atoms with Gasteiger partial charge in [0, 0.05) is 22.7 Å². The summed E-state index contributed by atoms with van der Waals surface area (Å²) in [7, 11) is 0. The number of halogens is 4. The van der Waals surface area contributed by atoms with Crippen LogP contribution in [0.2, 0.25) is 0 Å². The SMILES string of the molecule is Nc1ccc(C(=O)CC2(C(=O)NCc3ccc(Nc4ccc(Br)cc4C(F)(F)F)cn3)CC2)cn1. The lowest BCUT2D eigenvalue weighted by atomic mass is 9.95. The highest BCUT2D eigenvalue weighted by molar-refractivity contribution is 9.10. The predicted molar refractivity (Wildman–Crippen MR) is 128 cm³/mol. The number of ketones is 1. The molecule has 3 aromatic rings. The topological polar surface area (TPSA) is 110 Å². The summed E-state index contributed by atoms with van der Waals surface area (Å²) >= 11 is 3.06. The van der Waals surface area contributed by atoms with Crippen LogP contribution in [0.4, 0.5) is 30.4 Å². The van der Waals surface area contributed by atoms with Crippen LogP contribution in [0.15, 0.2) is 59.3 Å². The highest BCUT2D eigenvalue weighted by Crippen LogP contribution is 2.49. The molecule has 1 aliphatic rings. The van der Waals surface area contributed by atoms with Crippen LogP contribution in [0, 0.1) is 5.41 Å². The standard InChI is InChI=1S/C24H21BrF3N5O2/c25-15-2-5-19(18(9-15)24(26,27)28)33-17-4-3-16(30-13-17)12-32-22(35)23(7-8-23)10-20(34)14-1-6-21(29)31-11-14/h1-6,9,11,13,33H,7-8,10,12H2,(H2,29,31)(H,32,35). The third kappa shape index (κ3) is 5.97. The zero-order valence-electron chi connectivity index (χ0n) is 18.3. The molecule has 4 rings (SSSR count). The van der Waals surface area contributed by atoms with Gasteiger partial charge in [-0.1, -0.05) is 15.9 Å². The Morgan fingerprint density at radius 1 is 1.06 bits per heavy atom. The van der Waals surface area contributed by atoms with Gasteiger partial charge in [0.25, 0.3) is 0 Å². The zero-order valence-corrected chi connectivity index (χ0v) is 19.9. The molecule has 0 bridgehead atoms. The number of pyridine rings is 2. The molecule has 1 fully saturated rings. The van der Waals surface area contributed by atoms with Gasteiger partial charge in [0.2, 0.25) is 5.91 Å². The quantitative estimate of drug-likeness (QED) is 0.332. The molecule has 0 atom stereocenters. The lowest BCUT2D eigenvalue weighted by Gasteiger charge is -2.16. The Balaban J connectivity index is 1.34. The highest BCUT2D eigenvalue weighted by Gasteiger charge is 2.51. The van der Waals surface area contributed by atoms with Crippen molar-refractivity contribution in [2.75, 3.05) is 11.1 Å².